The van der Waals surface area contributed by atoms with Crippen LogP contribution in [0.15, 0.2) is 53.9 Å². The van der Waals surface area contributed by atoms with E-state index in [1.54, 1.807) is 11.3 Å². The average Bonchev–Trinajstić information content (AvgIpc) is 3.15. The van der Waals surface area contributed by atoms with Crippen molar-refractivity contribution in [2.45, 2.75) is 27.0 Å². The first-order chi connectivity index (χ1) is 13.7. The maximum atomic E-state index is 5.85. The SMILES string of the molecule is Cc1ccc(OCc2nc(CN3CCN(c4cccc(C)c4)CC3)cs2)cc1. The lowest BCUT2D eigenvalue weighted by Gasteiger charge is -2.35. The summed E-state index contributed by atoms with van der Waals surface area (Å²) in [5.74, 6) is 0.898. The predicted octanol–water partition coefficient (Wildman–Crippen LogP) is 4.66. The molecule has 0 atom stereocenters. The molecule has 1 aliphatic heterocycles. The van der Waals surface area contributed by atoms with Crippen LogP contribution in [-0.2, 0) is 13.2 Å². The third-order valence-corrected chi connectivity index (χ3v) is 5.98. The fourth-order valence-electron chi connectivity index (χ4n) is 3.49. The molecule has 146 valence electrons. The van der Waals surface area contributed by atoms with Crippen molar-refractivity contribution in [3.8, 4) is 5.75 Å². The molecule has 0 radical (unpaired) electrons. The Morgan fingerprint density at radius 3 is 2.50 bits per heavy atom. The topological polar surface area (TPSA) is 28.6 Å². The summed E-state index contributed by atoms with van der Waals surface area (Å²) in [6.07, 6.45) is 0. The quantitative estimate of drug-likeness (QED) is 0.609. The highest BCUT2D eigenvalue weighted by atomic mass is 32.1. The van der Waals surface area contributed by atoms with E-state index in [0.29, 0.717) is 6.61 Å². The number of hydrogen-bond donors (Lipinski definition) is 0. The standard InChI is InChI=1S/C23H27N3OS/c1-18-6-8-22(9-7-18)27-16-23-24-20(17-28-23)15-25-10-12-26(13-11-25)21-5-3-4-19(2)14-21/h3-9,14,17H,10-13,15-16H2,1-2H3. The smallest absolute Gasteiger partial charge is 0.140 e. The largest absolute Gasteiger partial charge is 0.486 e. The lowest BCUT2D eigenvalue weighted by molar-refractivity contribution is 0.246. The monoisotopic (exact) mass is 393 g/mol. The van der Waals surface area contributed by atoms with Gasteiger partial charge in [0, 0.05) is 43.8 Å². The first-order valence-corrected chi connectivity index (χ1v) is 10.7. The molecule has 2 heterocycles. The van der Waals surface area contributed by atoms with Crippen molar-refractivity contribution in [1.29, 1.82) is 0 Å². The van der Waals surface area contributed by atoms with Crippen LogP contribution in [-0.4, -0.2) is 36.1 Å². The lowest BCUT2D eigenvalue weighted by Crippen LogP contribution is -2.46. The third-order valence-electron chi connectivity index (χ3n) is 5.11. The molecule has 28 heavy (non-hydrogen) atoms. The Morgan fingerprint density at radius 2 is 1.75 bits per heavy atom. The van der Waals surface area contributed by atoms with Gasteiger partial charge in [-0.1, -0.05) is 29.8 Å². The van der Waals surface area contributed by atoms with Crippen LogP contribution >= 0.6 is 11.3 Å². The van der Waals surface area contributed by atoms with E-state index in [2.05, 4.69) is 65.4 Å². The molecule has 5 heteroatoms. The van der Waals surface area contributed by atoms with E-state index < -0.39 is 0 Å². The van der Waals surface area contributed by atoms with Crippen molar-refractivity contribution in [3.63, 3.8) is 0 Å². The highest BCUT2D eigenvalue weighted by Gasteiger charge is 2.18. The molecule has 0 saturated carbocycles. The minimum absolute atomic E-state index is 0.537. The molecule has 0 N–H and O–H groups in total. The summed E-state index contributed by atoms with van der Waals surface area (Å²) in [5, 5.41) is 3.20. The summed E-state index contributed by atoms with van der Waals surface area (Å²) in [7, 11) is 0. The Labute approximate surface area is 171 Å². The molecule has 1 aromatic heterocycles. The number of ether oxygens (including phenoxy) is 1. The zero-order valence-electron chi connectivity index (χ0n) is 16.6. The van der Waals surface area contributed by atoms with Crippen molar-refractivity contribution >= 4 is 17.0 Å². The van der Waals surface area contributed by atoms with Gasteiger partial charge in [-0.25, -0.2) is 4.98 Å². The Balaban J connectivity index is 1.26. The maximum absolute atomic E-state index is 5.85. The molecular formula is C23H27N3OS. The predicted molar refractivity (Wildman–Crippen MR) is 116 cm³/mol. The van der Waals surface area contributed by atoms with Crippen LogP contribution in [0, 0.1) is 13.8 Å². The molecule has 2 aromatic carbocycles. The van der Waals surface area contributed by atoms with Gasteiger partial charge in [0.2, 0.25) is 0 Å². The van der Waals surface area contributed by atoms with Crippen LogP contribution in [0.1, 0.15) is 21.8 Å². The van der Waals surface area contributed by atoms with Crippen LogP contribution in [0.4, 0.5) is 5.69 Å². The Kier molecular flexibility index (Phi) is 5.93. The second kappa shape index (κ2) is 8.76. The number of hydrogen-bond acceptors (Lipinski definition) is 5. The summed E-state index contributed by atoms with van der Waals surface area (Å²) < 4.78 is 5.85. The molecule has 0 unspecified atom stereocenters. The van der Waals surface area contributed by atoms with Crippen molar-refractivity contribution in [1.82, 2.24) is 9.88 Å². The molecule has 1 fully saturated rings. The van der Waals surface area contributed by atoms with Crippen molar-refractivity contribution < 1.29 is 4.74 Å². The molecule has 4 nitrogen and oxygen atoms in total. The normalized spacial score (nSPS) is 15.0. The molecule has 3 aromatic rings. The van der Waals surface area contributed by atoms with Gasteiger partial charge in [0.1, 0.15) is 17.4 Å². The summed E-state index contributed by atoms with van der Waals surface area (Å²) in [5.41, 5.74) is 5.05. The fraction of sp³-hybridized carbons (Fsp3) is 0.348. The van der Waals surface area contributed by atoms with Crippen molar-refractivity contribution in [2.24, 2.45) is 0 Å². The van der Waals surface area contributed by atoms with E-state index in [9.17, 15) is 0 Å². The van der Waals surface area contributed by atoms with Crippen molar-refractivity contribution in [2.75, 3.05) is 31.1 Å². The number of piperazine rings is 1. The van der Waals surface area contributed by atoms with E-state index in [1.807, 2.05) is 12.1 Å². The second-order valence-electron chi connectivity index (χ2n) is 7.44. The van der Waals surface area contributed by atoms with Gasteiger partial charge in [0.05, 0.1) is 5.69 Å². The number of benzene rings is 2. The van der Waals surface area contributed by atoms with E-state index in [0.717, 1.165) is 49.2 Å². The first-order valence-electron chi connectivity index (χ1n) is 9.82. The van der Waals surface area contributed by atoms with Gasteiger partial charge in [-0.15, -0.1) is 11.3 Å². The number of thiazole rings is 1. The molecular weight excluding hydrogens is 366 g/mol. The third kappa shape index (κ3) is 4.91. The van der Waals surface area contributed by atoms with Crippen molar-refractivity contribution in [3.05, 3.63) is 75.7 Å². The molecule has 0 amide bonds. The van der Waals surface area contributed by atoms with Crippen LogP contribution in [0.5, 0.6) is 5.75 Å². The minimum Gasteiger partial charge on any atom is -0.486 e. The second-order valence-corrected chi connectivity index (χ2v) is 8.38. The van der Waals surface area contributed by atoms with Crippen LogP contribution in [0.25, 0.3) is 0 Å². The molecule has 1 saturated heterocycles. The van der Waals surface area contributed by atoms with Gasteiger partial charge in [0.25, 0.3) is 0 Å². The van der Waals surface area contributed by atoms with E-state index in [-0.39, 0.29) is 0 Å². The zero-order valence-corrected chi connectivity index (χ0v) is 17.4. The van der Waals surface area contributed by atoms with Gasteiger partial charge in [-0.05, 0) is 43.7 Å². The summed E-state index contributed by atoms with van der Waals surface area (Å²) >= 11 is 1.69. The van der Waals surface area contributed by atoms with Gasteiger partial charge in [0.15, 0.2) is 0 Å². The zero-order chi connectivity index (χ0) is 19.3. The summed E-state index contributed by atoms with van der Waals surface area (Å²) in [6.45, 7) is 9.96. The minimum atomic E-state index is 0.537. The van der Waals surface area contributed by atoms with Crippen LogP contribution in [0.2, 0.25) is 0 Å². The molecule has 4 rings (SSSR count). The highest BCUT2D eigenvalue weighted by Crippen LogP contribution is 2.20. The van der Waals surface area contributed by atoms with Gasteiger partial charge >= 0.3 is 0 Å². The van der Waals surface area contributed by atoms with Crippen LogP contribution < -0.4 is 9.64 Å². The number of aryl methyl sites for hydroxylation is 2. The number of nitrogens with zero attached hydrogens (tertiary/aromatic N) is 3. The molecule has 0 spiro atoms. The molecule has 1 aliphatic rings. The fourth-order valence-corrected chi connectivity index (χ4v) is 4.18. The highest BCUT2D eigenvalue weighted by molar-refractivity contribution is 7.09. The molecule has 0 aliphatic carbocycles. The average molecular weight is 394 g/mol. The van der Waals surface area contributed by atoms with E-state index in [4.69, 9.17) is 9.72 Å². The first kappa shape index (κ1) is 19.0. The number of aromatic nitrogens is 1. The summed E-state index contributed by atoms with van der Waals surface area (Å²) in [6, 6.07) is 16.9. The lowest BCUT2D eigenvalue weighted by atomic mass is 10.2. The Hall–Kier alpha value is -2.37. The van der Waals surface area contributed by atoms with E-state index in [1.165, 1.54) is 16.8 Å². The van der Waals surface area contributed by atoms with Gasteiger partial charge < -0.3 is 9.64 Å². The number of rotatable bonds is 6. The summed E-state index contributed by atoms with van der Waals surface area (Å²) in [4.78, 5) is 9.73. The Morgan fingerprint density at radius 1 is 0.964 bits per heavy atom. The van der Waals surface area contributed by atoms with Gasteiger partial charge in [-0.2, -0.15) is 0 Å². The van der Waals surface area contributed by atoms with Crippen LogP contribution in [0.3, 0.4) is 0 Å². The molecule has 0 bridgehead atoms. The Bertz CT molecular complexity index is 898. The van der Waals surface area contributed by atoms with Gasteiger partial charge in [-0.3, -0.25) is 4.90 Å². The maximum Gasteiger partial charge on any atom is 0.140 e. The number of anilines is 1. The van der Waals surface area contributed by atoms with E-state index >= 15 is 0 Å².